The Kier molecular flexibility index (Phi) is 8.41. The van der Waals surface area contributed by atoms with E-state index >= 15 is 0 Å². The van der Waals surface area contributed by atoms with Gasteiger partial charge in [0.1, 0.15) is 11.6 Å². The zero-order chi connectivity index (χ0) is 22.1. The summed E-state index contributed by atoms with van der Waals surface area (Å²) < 4.78 is 19.1. The molecule has 1 aliphatic heterocycles. The summed E-state index contributed by atoms with van der Waals surface area (Å²) in [4.78, 5) is 28.7. The van der Waals surface area contributed by atoms with Crippen molar-refractivity contribution in [3.05, 3.63) is 65.5 Å². The Hall–Kier alpha value is -2.93. The fourth-order valence-corrected chi connectivity index (χ4v) is 3.62. The van der Waals surface area contributed by atoms with Crippen LogP contribution in [0.15, 0.2) is 48.5 Å². The van der Waals surface area contributed by atoms with Crippen molar-refractivity contribution < 1.29 is 18.7 Å². The lowest BCUT2D eigenvalue weighted by Crippen LogP contribution is -2.50. The predicted molar refractivity (Wildman–Crippen MR) is 118 cm³/mol. The van der Waals surface area contributed by atoms with Gasteiger partial charge in [-0.25, -0.2) is 4.39 Å². The Bertz CT molecular complexity index is 865. The molecule has 0 spiro atoms. The van der Waals surface area contributed by atoms with Gasteiger partial charge in [-0.2, -0.15) is 0 Å². The first kappa shape index (κ1) is 22.7. The Morgan fingerprint density at radius 3 is 2.42 bits per heavy atom. The first-order valence-electron chi connectivity index (χ1n) is 10.8. The summed E-state index contributed by atoms with van der Waals surface area (Å²) in [7, 11) is 0. The molecule has 1 N–H and O–H groups in total. The van der Waals surface area contributed by atoms with Gasteiger partial charge in [-0.1, -0.05) is 24.3 Å². The second-order valence-electron chi connectivity index (χ2n) is 7.54. The number of amides is 2. The molecule has 166 valence electrons. The molecule has 0 aromatic heterocycles. The number of aryl methyl sites for hydroxylation is 1. The summed E-state index contributed by atoms with van der Waals surface area (Å²) in [6, 6.07) is 13.8. The van der Waals surface area contributed by atoms with Crippen LogP contribution in [0.3, 0.4) is 0 Å². The Morgan fingerprint density at radius 2 is 1.74 bits per heavy atom. The highest BCUT2D eigenvalue weighted by Crippen LogP contribution is 2.14. The third-order valence-corrected chi connectivity index (χ3v) is 5.42. The summed E-state index contributed by atoms with van der Waals surface area (Å²) in [5.41, 5.74) is 1.19. The second kappa shape index (κ2) is 11.5. The van der Waals surface area contributed by atoms with Crippen LogP contribution in [-0.4, -0.2) is 67.5 Å². The van der Waals surface area contributed by atoms with E-state index in [1.165, 1.54) is 12.1 Å². The number of carbonyl (C=O) groups excluding carboxylic acids is 2. The van der Waals surface area contributed by atoms with Gasteiger partial charge in [0.05, 0.1) is 12.2 Å². The number of benzene rings is 2. The van der Waals surface area contributed by atoms with Crippen molar-refractivity contribution in [2.75, 3.05) is 45.9 Å². The van der Waals surface area contributed by atoms with Gasteiger partial charge in [0.2, 0.25) is 5.91 Å². The quantitative estimate of drug-likeness (QED) is 0.669. The lowest BCUT2D eigenvalue weighted by Gasteiger charge is -2.34. The summed E-state index contributed by atoms with van der Waals surface area (Å²) >= 11 is 0. The van der Waals surface area contributed by atoms with Crippen LogP contribution in [0.25, 0.3) is 0 Å². The molecular formula is C24H30FN3O3. The lowest BCUT2D eigenvalue weighted by atomic mass is 10.1. The maximum absolute atomic E-state index is 13.6. The van der Waals surface area contributed by atoms with Gasteiger partial charge in [0.15, 0.2) is 0 Å². The highest BCUT2D eigenvalue weighted by molar-refractivity contribution is 5.94. The predicted octanol–water partition coefficient (Wildman–Crippen LogP) is 2.73. The van der Waals surface area contributed by atoms with Gasteiger partial charge < -0.3 is 15.0 Å². The molecule has 0 bridgehead atoms. The van der Waals surface area contributed by atoms with Gasteiger partial charge in [-0.3, -0.25) is 14.5 Å². The van der Waals surface area contributed by atoms with Crippen LogP contribution in [0.4, 0.5) is 4.39 Å². The number of ether oxygens (including phenoxy) is 1. The van der Waals surface area contributed by atoms with Gasteiger partial charge in [0.25, 0.3) is 5.91 Å². The van der Waals surface area contributed by atoms with E-state index in [4.69, 9.17) is 4.74 Å². The summed E-state index contributed by atoms with van der Waals surface area (Å²) in [5, 5.41) is 2.76. The maximum Gasteiger partial charge on any atom is 0.254 e. The summed E-state index contributed by atoms with van der Waals surface area (Å²) in [6.07, 6.45) is 1.21. The van der Waals surface area contributed by atoms with Crippen molar-refractivity contribution in [2.45, 2.75) is 19.8 Å². The average Bonchev–Trinajstić information content (AvgIpc) is 2.79. The highest BCUT2D eigenvalue weighted by atomic mass is 19.1. The summed E-state index contributed by atoms with van der Waals surface area (Å²) in [6.45, 7) is 6.62. The monoisotopic (exact) mass is 427 g/mol. The third-order valence-electron chi connectivity index (χ3n) is 5.42. The van der Waals surface area contributed by atoms with Crippen LogP contribution in [-0.2, 0) is 11.2 Å². The van der Waals surface area contributed by atoms with Gasteiger partial charge in [-0.05, 0) is 43.2 Å². The smallest absolute Gasteiger partial charge is 0.254 e. The minimum Gasteiger partial charge on any atom is -0.494 e. The van der Waals surface area contributed by atoms with Crippen molar-refractivity contribution in [2.24, 2.45) is 0 Å². The molecule has 1 heterocycles. The Labute approximate surface area is 183 Å². The molecule has 6 nitrogen and oxygen atoms in total. The normalized spacial score (nSPS) is 14.3. The van der Waals surface area contributed by atoms with Crippen molar-refractivity contribution in [3.63, 3.8) is 0 Å². The van der Waals surface area contributed by atoms with Crippen LogP contribution in [0.1, 0.15) is 29.3 Å². The molecule has 2 aromatic carbocycles. The largest absolute Gasteiger partial charge is 0.494 e. The highest BCUT2D eigenvalue weighted by Gasteiger charge is 2.21. The minimum atomic E-state index is -0.516. The van der Waals surface area contributed by atoms with Gasteiger partial charge in [-0.15, -0.1) is 0 Å². The van der Waals surface area contributed by atoms with Crippen LogP contribution < -0.4 is 10.1 Å². The molecule has 2 aromatic rings. The molecule has 1 aliphatic rings. The number of piperazine rings is 1. The van der Waals surface area contributed by atoms with Crippen LogP contribution in [0.5, 0.6) is 5.75 Å². The Balaban J connectivity index is 1.34. The molecule has 2 amide bonds. The van der Waals surface area contributed by atoms with Crippen LogP contribution in [0.2, 0.25) is 0 Å². The van der Waals surface area contributed by atoms with Gasteiger partial charge in [0, 0.05) is 45.7 Å². The fourth-order valence-electron chi connectivity index (χ4n) is 3.62. The van der Waals surface area contributed by atoms with E-state index in [2.05, 4.69) is 10.2 Å². The average molecular weight is 428 g/mol. The number of nitrogens with one attached hydrogen (secondary N) is 1. The van der Waals surface area contributed by atoms with E-state index in [1.54, 1.807) is 12.1 Å². The van der Waals surface area contributed by atoms with Crippen molar-refractivity contribution >= 4 is 11.8 Å². The molecule has 1 fully saturated rings. The van der Waals surface area contributed by atoms with E-state index in [0.29, 0.717) is 45.6 Å². The molecule has 0 aliphatic carbocycles. The standard InChI is InChI=1S/C24H30FN3O3/c1-2-31-20-10-7-19(8-11-20)9-12-23(29)28-17-15-27(16-18-28)14-13-26-24(30)21-5-3-4-6-22(21)25/h3-8,10-11H,2,9,12-18H2,1H3,(H,26,30). The molecule has 31 heavy (non-hydrogen) atoms. The zero-order valence-electron chi connectivity index (χ0n) is 18.0. The van der Waals surface area contributed by atoms with Crippen LogP contribution >= 0.6 is 0 Å². The zero-order valence-corrected chi connectivity index (χ0v) is 18.0. The number of rotatable bonds is 9. The fraction of sp³-hybridized carbons (Fsp3) is 0.417. The number of carbonyl (C=O) groups is 2. The SMILES string of the molecule is CCOc1ccc(CCC(=O)N2CCN(CCNC(=O)c3ccccc3F)CC2)cc1. The molecule has 0 unspecified atom stereocenters. The minimum absolute atomic E-state index is 0.0606. The maximum atomic E-state index is 13.6. The topological polar surface area (TPSA) is 61.9 Å². The second-order valence-corrected chi connectivity index (χ2v) is 7.54. The van der Waals surface area contributed by atoms with Crippen molar-refractivity contribution in [3.8, 4) is 5.75 Å². The third kappa shape index (κ3) is 6.79. The van der Waals surface area contributed by atoms with Gasteiger partial charge >= 0.3 is 0 Å². The molecule has 7 heteroatoms. The Morgan fingerprint density at radius 1 is 1.03 bits per heavy atom. The number of hydrogen-bond acceptors (Lipinski definition) is 4. The molecule has 1 saturated heterocycles. The van der Waals surface area contributed by atoms with E-state index < -0.39 is 11.7 Å². The van der Waals surface area contributed by atoms with E-state index in [1.807, 2.05) is 36.1 Å². The van der Waals surface area contributed by atoms with Crippen LogP contribution in [0, 0.1) is 5.82 Å². The number of hydrogen-bond donors (Lipinski definition) is 1. The van der Waals surface area contributed by atoms with E-state index in [0.717, 1.165) is 24.4 Å². The lowest BCUT2D eigenvalue weighted by molar-refractivity contribution is -0.132. The molecule has 0 radical (unpaired) electrons. The molecule has 0 saturated carbocycles. The van der Waals surface area contributed by atoms with Crippen molar-refractivity contribution in [1.29, 1.82) is 0 Å². The summed E-state index contributed by atoms with van der Waals surface area (Å²) in [5.74, 6) is 0.0961. The first-order valence-corrected chi connectivity index (χ1v) is 10.8. The number of nitrogens with zero attached hydrogens (tertiary/aromatic N) is 2. The molecular weight excluding hydrogens is 397 g/mol. The van der Waals surface area contributed by atoms with E-state index in [-0.39, 0.29) is 11.5 Å². The number of halogens is 1. The first-order chi connectivity index (χ1) is 15.1. The molecule has 0 atom stereocenters. The van der Waals surface area contributed by atoms with Crippen molar-refractivity contribution in [1.82, 2.24) is 15.1 Å². The molecule has 3 rings (SSSR count). The van der Waals surface area contributed by atoms with E-state index in [9.17, 15) is 14.0 Å².